The molecule has 1 aromatic rings. The number of nitrogens with zero attached hydrogens (tertiary/aromatic N) is 2. The molecule has 1 aliphatic heterocycles. The summed E-state index contributed by atoms with van der Waals surface area (Å²) in [4.78, 5) is 4.80. The first-order chi connectivity index (χ1) is 11.0. The molecule has 0 aliphatic carbocycles. The number of likely N-dealkylation sites (tertiary alicyclic amines) is 1. The fraction of sp³-hybridized carbons (Fsp3) is 0.611. The van der Waals surface area contributed by atoms with Crippen molar-refractivity contribution in [3.05, 3.63) is 24.3 Å². The van der Waals surface area contributed by atoms with E-state index in [0.29, 0.717) is 12.1 Å². The van der Waals surface area contributed by atoms with Crippen LogP contribution >= 0.6 is 12.2 Å². The van der Waals surface area contributed by atoms with Gasteiger partial charge in [0.1, 0.15) is 5.75 Å². The number of hydrogen-bond acceptors (Lipinski definition) is 3. The van der Waals surface area contributed by atoms with Crippen molar-refractivity contribution in [2.75, 3.05) is 32.6 Å². The van der Waals surface area contributed by atoms with Gasteiger partial charge in [-0.3, -0.25) is 0 Å². The van der Waals surface area contributed by atoms with Crippen LogP contribution in [-0.2, 0) is 0 Å². The maximum atomic E-state index is 5.57. The third-order valence-corrected chi connectivity index (χ3v) is 5.30. The molecule has 1 N–H and O–H groups in total. The van der Waals surface area contributed by atoms with Crippen molar-refractivity contribution in [2.45, 2.75) is 45.2 Å². The minimum absolute atomic E-state index is 0.647. The molecule has 23 heavy (non-hydrogen) atoms. The predicted molar refractivity (Wildman–Crippen MR) is 101 cm³/mol. The Morgan fingerprint density at radius 1 is 1.43 bits per heavy atom. The van der Waals surface area contributed by atoms with Gasteiger partial charge in [0, 0.05) is 36.9 Å². The molecule has 0 radical (unpaired) electrons. The number of nitrogens with one attached hydrogen (secondary N) is 1. The first-order valence-corrected chi connectivity index (χ1v) is 8.87. The van der Waals surface area contributed by atoms with Crippen molar-refractivity contribution >= 4 is 23.0 Å². The summed E-state index contributed by atoms with van der Waals surface area (Å²) in [6.45, 7) is 6.59. The lowest BCUT2D eigenvalue weighted by Gasteiger charge is -2.40. The molecule has 0 bridgehead atoms. The van der Waals surface area contributed by atoms with E-state index in [1.54, 1.807) is 7.11 Å². The maximum absolute atomic E-state index is 5.57. The Hall–Kier alpha value is -1.33. The second-order valence-electron chi connectivity index (χ2n) is 6.30. The van der Waals surface area contributed by atoms with Crippen molar-refractivity contribution in [3.63, 3.8) is 0 Å². The average molecular weight is 336 g/mol. The van der Waals surface area contributed by atoms with Gasteiger partial charge in [-0.2, -0.15) is 0 Å². The van der Waals surface area contributed by atoms with Gasteiger partial charge in [-0.15, -0.1) is 0 Å². The highest BCUT2D eigenvalue weighted by atomic mass is 32.1. The van der Waals surface area contributed by atoms with E-state index < -0.39 is 0 Å². The molecule has 0 amide bonds. The molecule has 1 aromatic carbocycles. The Kier molecular flexibility index (Phi) is 6.66. The van der Waals surface area contributed by atoms with Crippen molar-refractivity contribution in [1.82, 2.24) is 9.80 Å². The zero-order chi connectivity index (χ0) is 16.8. The van der Waals surface area contributed by atoms with E-state index in [1.807, 2.05) is 24.3 Å². The minimum atomic E-state index is 0.647. The van der Waals surface area contributed by atoms with Crippen molar-refractivity contribution in [3.8, 4) is 5.75 Å². The first kappa shape index (κ1) is 18.0. The summed E-state index contributed by atoms with van der Waals surface area (Å²) in [5.41, 5.74) is 0.980. The fourth-order valence-corrected chi connectivity index (χ4v) is 3.33. The molecule has 1 fully saturated rings. The molecule has 0 spiro atoms. The molecule has 1 aliphatic rings. The molecule has 0 saturated carbocycles. The van der Waals surface area contributed by atoms with Gasteiger partial charge in [-0.1, -0.05) is 13.0 Å². The van der Waals surface area contributed by atoms with Crippen LogP contribution in [0.3, 0.4) is 0 Å². The minimum Gasteiger partial charge on any atom is -0.497 e. The van der Waals surface area contributed by atoms with Gasteiger partial charge in [0.05, 0.1) is 7.11 Å². The van der Waals surface area contributed by atoms with E-state index in [1.165, 1.54) is 19.3 Å². The van der Waals surface area contributed by atoms with Crippen LogP contribution in [0.15, 0.2) is 24.3 Å². The van der Waals surface area contributed by atoms with Gasteiger partial charge in [0.25, 0.3) is 0 Å². The SMILES string of the molecule is CC[C@H](C)N(C)C1CCN(C(=S)Nc2cccc(OC)c2)CC1. The molecular weight excluding hydrogens is 306 g/mol. The summed E-state index contributed by atoms with van der Waals surface area (Å²) in [5, 5.41) is 4.14. The number of anilines is 1. The lowest BCUT2D eigenvalue weighted by Crippen LogP contribution is -2.48. The molecule has 128 valence electrons. The summed E-state index contributed by atoms with van der Waals surface area (Å²) >= 11 is 5.57. The van der Waals surface area contributed by atoms with Crippen molar-refractivity contribution in [1.29, 1.82) is 0 Å². The second-order valence-corrected chi connectivity index (χ2v) is 6.69. The molecular formula is C18H29N3OS. The standard InChI is InChI=1S/C18H29N3OS/c1-5-14(2)20(3)16-9-11-21(12-10-16)18(23)19-15-7-6-8-17(13-15)22-4/h6-8,13-14,16H,5,9-12H2,1-4H3,(H,19,23)/t14-/m0/s1. The molecule has 2 rings (SSSR count). The van der Waals surface area contributed by atoms with Crippen molar-refractivity contribution in [2.24, 2.45) is 0 Å². The highest BCUT2D eigenvalue weighted by molar-refractivity contribution is 7.80. The summed E-state index contributed by atoms with van der Waals surface area (Å²) in [6.07, 6.45) is 3.54. The number of ether oxygens (including phenoxy) is 1. The number of benzene rings is 1. The van der Waals surface area contributed by atoms with Gasteiger partial charge in [0.2, 0.25) is 0 Å². The molecule has 5 heteroatoms. The van der Waals surface area contributed by atoms with E-state index in [-0.39, 0.29) is 0 Å². The first-order valence-electron chi connectivity index (χ1n) is 8.47. The van der Waals surface area contributed by atoms with Gasteiger partial charge < -0.3 is 19.9 Å². The average Bonchev–Trinajstić information content (AvgIpc) is 2.60. The van der Waals surface area contributed by atoms with Gasteiger partial charge >= 0.3 is 0 Å². The lowest BCUT2D eigenvalue weighted by atomic mass is 10.0. The molecule has 4 nitrogen and oxygen atoms in total. The monoisotopic (exact) mass is 335 g/mol. The summed E-state index contributed by atoms with van der Waals surface area (Å²) in [7, 11) is 3.93. The van der Waals surface area contributed by atoms with Crippen LogP contribution < -0.4 is 10.1 Å². The van der Waals surface area contributed by atoms with Crippen LogP contribution in [0.25, 0.3) is 0 Å². The molecule has 1 atom stereocenters. The van der Waals surface area contributed by atoms with E-state index >= 15 is 0 Å². The summed E-state index contributed by atoms with van der Waals surface area (Å²) in [6, 6.07) is 9.20. The Balaban J connectivity index is 1.86. The zero-order valence-electron chi connectivity index (χ0n) is 14.7. The molecule has 1 saturated heterocycles. The van der Waals surface area contributed by atoms with Crippen LogP contribution in [0.1, 0.15) is 33.1 Å². The number of thiocarbonyl (C=S) groups is 1. The van der Waals surface area contributed by atoms with Crippen LogP contribution in [0.5, 0.6) is 5.75 Å². The molecule has 0 unspecified atom stereocenters. The smallest absolute Gasteiger partial charge is 0.173 e. The van der Waals surface area contributed by atoms with Crippen LogP contribution in [0, 0.1) is 0 Å². The Bertz CT molecular complexity index is 515. The van der Waals surface area contributed by atoms with E-state index in [2.05, 4.69) is 36.0 Å². The number of piperidine rings is 1. The van der Waals surface area contributed by atoms with Gasteiger partial charge in [0.15, 0.2) is 5.11 Å². The second kappa shape index (κ2) is 8.50. The van der Waals surface area contributed by atoms with E-state index in [4.69, 9.17) is 17.0 Å². The van der Waals surface area contributed by atoms with Crippen molar-refractivity contribution < 1.29 is 4.74 Å². The van der Waals surface area contributed by atoms with Crippen LogP contribution in [-0.4, -0.2) is 54.2 Å². The topological polar surface area (TPSA) is 27.7 Å². The molecule has 1 heterocycles. The zero-order valence-corrected chi connectivity index (χ0v) is 15.5. The number of methoxy groups -OCH3 is 1. The highest BCUT2D eigenvalue weighted by Crippen LogP contribution is 2.21. The van der Waals surface area contributed by atoms with Crippen LogP contribution in [0.2, 0.25) is 0 Å². The normalized spacial score (nSPS) is 17.2. The van der Waals surface area contributed by atoms with Gasteiger partial charge in [-0.05, 0) is 57.6 Å². The largest absolute Gasteiger partial charge is 0.497 e. The quantitative estimate of drug-likeness (QED) is 0.830. The highest BCUT2D eigenvalue weighted by Gasteiger charge is 2.25. The summed E-state index contributed by atoms with van der Waals surface area (Å²) in [5.74, 6) is 0.840. The van der Waals surface area contributed by atoms with E-state index in [0.717, 1.165) is 29.6 Å². The Morgan fingerprint density at radius 2 is 2.13 bits per heavy atom. The fourth-order valence-electron chi connectivity index (χ4n) is 3.03. The number of hydrogen-bond donors (Lipinski definition) is 1. The number of rotatable bonds is 5. The Labute approximate surface area is 145 Å². The molecule has 0 aromatic heterocycles. The van der Waals surface area contributed by atoms with Crippen LogP contribution in [0.4, 0.5) is 5.69 Å². The third kappa shape index (κ3) is 4.82. The predicted octanol–water partition coefficient (Wildman–Crippen LogP) is 3.59. The Morgan fingerprint density at radius 3 is 2.74 bits per heavy atom. The third-order valence-electron chi connectivity index (χ3n) is 4.93. The summed E-state index contributed by atoms with van der Waals surface area (Å²) < 4.78 is 5.25. The maximum Gasteiger partial charge on any atom is 0.173 e. The lowest BCUT2D eigenvalue weighted by molar-refractivity contribution is 0.126. The van der Waals surface area contributed by atoms with Gasteiger partial charge in [-0.25, -0.2) is 0 Å². The van der Waals surface area contributed by atoms with E-state index in [9.17, 15) is 0 Å².